The summed E-state index contributed by atoms with van der Waals surface area (Å²) in [6.07, 6.45) is 0. The van der Waals surface area contributed by atoms with Crippen LogP contribution in [0.15, 0.2) is 91.0 Å². The van der Waals surface area contributed by atoms with Crippen molar-refractivity contribution >= 4 is 0 Å². The Hall–Kier alpha value is -2.54. The average molecular weight is 323 g/mol. The molecule has 0 fully saturated rings. The Morgan fingerprint density at radius 2 is 1.12 bits per heavy atom. The van der Waals surface area contributed by atoms with E-state index in [1.165, 1.54) is 18.5 Å². The van der Waals surface area contributed by atoms with Crippen LogP contribution in [-0.2, 0) is 6.61 Å². The number of rotatable bonds is 3. The highest BCUT2D eigenvalue weighted by molar-refractivity contribution is 5.22. The molecule has 3 rings (SSSR count). The van der Waals surface area contributed by atoms with Gasteiger partial charge >= 0.3 is 0 Å². The van der Waals surface area contributed by atoms with Crippen LogP contribution in [-0.4, -0.2) is 0 Å². The van der Waals surface area contributed by atoms with Crippen molar-refractivity contribution in [2.75, 3.05) is 0 Å². The smallest absolute Gasteiger partial charge is 0.119 e. The van der Waals surface area contributed by atoms with E-state index in [4.69, 9.17) is 6.11 Å². The van der Waals surface area contributed by atoms with Gasteiger partial charge in [0.15, 0.2) is 0 Å². The zero-order valence-corrected chi connectivity index (χ0v) is 15.3. The summed E-state index contributed by atoms with van der Waals surface area (Å²) in [7, 11) is 1.25. The van der Waals surface area contributed by atoms with Crippen LogP contribution in [0.5, 0.6) is 5.75 Å². The number of hydrogen-bond donors (Lipinski definition) is 0. The molecular formula is C23H30O. The van der Waals surface area contributed by atoms with Gasteiger partial charge in [-0.25, -0.2) is 0 Å². The third kappa shape index (κ3) is 9.47. The van der Waals surface area contributed by atoms with Gasteiger partial charge in [-0.2, -0.15) is 0 Å². The van der Waals surface area contributed by atoms with Crippen molar-refractivity contribution in [3.05, 3.63) is 102 Å². The molecule has 0 aromatic heterocycles. The number of hydrogen-bond acceptors (Lipinski definition) is 1. The lowest BCUT2D eigenvalue weighted by Crippen LogP contribution is -1.94. The highest BCUT2D eigenvalue weighted by Crippen LogP contribution is 2.11. The first kappa shape index (κ1) is 19.5. The summed E-state index contributed by atoms with van der Waals surface area (Å²) < 4.78 is 11.3. The van der Waals surface area contributed by atoms with Crippen molar-refractivity contribution in [2.24, 2.45) is 0 Å². The van der Waals surface area contributed by atoms with Gasteiger partial charge in [0, 0.05) is 1.37 Å². The molecular weight excluding hydrogens is 292 g/mol. The third-order valence-corrected chi connectivity index (χ3v) is 2.93. The maximum absolute atomic E-state index is 5.75. The largest absolute Gasteiger partial charge is 0.489 e. The molecule has 0 unspecified atom stereocenters. The van der Waals surface area contributed by atoms with Crippen LogP contribution in [0, 0.1) is 6.92 Å². The van der Waals surface area contributed by atoms with E-state index in [1.54, 1.807) is 0 Å². The minimum atomic E-state index is 0.630. The molecule has 128 valence electrons. The van der Waals surface area contributed by atoms with Crippen molar-refractivity contribution in [1.29, 1.82) is 0 Å². The monoisotopic (exact) mass is 323 g/mol. The first-order chi connectivity index (χ1) is 12.3. The maximum atomic E-state index is 5.75. The molecule has 0 N–H and O–H groups in total. The van der Waals surface area contributed by atoms with Crippen LogP contribution >= 0.6 is 0 Å². The van der Waals surface area contributed by atoms with E-state index in [1.807, 2.05) is 80.6 Å². The van der Waals surface area contributed by atoms with Crippen molar-refractivity contribution in [2.45, 2.75) is 34.8 Å². The second-order valence-corrected chi connectivity index (χ2v) is 4.74. The standard InChI is InChI=1S/C13H12O.C7H8.C2H6.CH4/c1-3-7-12(8-4-1)11-14-13-9-5-2-6-10-13;1-7-5-3-2-4-6-7;1-2;/h1-10H,11H2;2-6H,1H3;1-2H3;1H4/i;;;1D. The van der Waals surface area contributed by atoms with Crippen LogP contribution in [0.2, 0.25) is 0 Å². The van der Waals surface area contributed by atoms with Crippen molar-refractivity contribution in [1.82, 2.24) is 0 Å². The summed E-state index contributed by atoms with van der Waals surface area (Å²) in [6.45, 7) is 6.71. The molecule has 1 heteroatoms. The Bertz CT molecular complexity index is 570. The van der Waals surface area contributed by atoms with Gasteiger partial charge in [0.05, 0.1) is 0 Å². The zero-order valence-electron chi connectivity index (χ0n) is 16.3. The lowest BCUT2D eigenvalue weighted by atomic mass is 10.2. The summed E-state index contributed by atoms with van der Waals surface area (Å²) >= 11 is 0. The number of aryl methyl sites for hydroxylation is 1. The quantitative estimate of drug-likeness (QED) is 0.508. The van der Waals surface area contributed by atoms with Gasteiger partial charge in [-0.15, -0.1) is 0 Å². The Labute approximate surface area is 149 Å². The Balaban J connectivity index is 0.000000441. The molecule has 0 aliphatic carbocycles. The molecule has 0 heterocycles. The van der Waals surface area contributed by atoms with E-state index in [0.29, 0.717) is 6.61 Å². The van der Waals surface area contributed by atoms with Gasteiger partial charge in [0.2, 0.25) is 0 Å². The second kappa shape index (κ2) is 14.1. The first-order valence-corrected chi connectivity index (χ1v) is 8.08. The fraction of sp³-hybridized carbons (Fsp3) is 0.217. The summed E-state index contributed by atoms with van der Waals surface area (Å²) in [5.41, 5.74) is 2.51. The lowest BCUT2D eigenvalue weighted by Gasteiger charge is -2.05. The van der Waals surface area contributed by atoms with Gasteiger partial charge in [0.1, 0.15) is 12.4 Å². The SMILES string of the molecule is CC.Cc1ccccc1.[2H]C.c1ccc(COc2ccccc2)cc1. The van der Waals surface area contributed by atoms with Crippen LogP contribution in [0.25, 0.3) is 0 Å². The molecule has 0 saturated heterocycles. The molecule has 0 spiro atoms. The molecule has 3 aromatic rings. The molecule has 0 bridgehead atoms. The molecule has 0 saturated carbocycles. The summed E-state index contributed by atoms with van der Waals surface area (Å²) in [5, 5.41) is 0. The zero-order chi connectivity index (χ0) is 18.8. The van der Waals surface area contributed by atoms with Crippen LogP contribution < -0.4 is 4.74 Å². The van der Waals surface area contributed by atoms with E-state index in [0.717, 1.165) is 5.75 Å². The fourth-order valence-electron chi connectivity index (χ4n) is 1.79. The Morgan fingerprint density at radius 1 is 0.708 bits per heavy atom. The predicted molar refractivity (Wildman–Crippen MR) is 106 cm³/mol. The van der Waals surface area contributed by atoms with Gasteiger partial charge in [-0.05, 0) is 24.6 Å². The topological polar surface area (TPSA) is 9.23 Å². The highest BCUT2D eigenvalue weighted by atomic mass is 16.5. The predicted octanol–water partition coefficient (Wildman–Crippen LogP) is 6.92. The van der Waals surface area contributed by atoms with Crippen molar-refractivity contribution in [3.63, 3.8) is 0 Å². The van der Waals surface area contributed by atoms with Gasteiger partial charge < -0.3 is 4.74 Å². The molecule has 0 atom stereocenters. The van der Waals surface area contributed by atoms with Gasteiger partial charge in [-0.1, -0.05) is 106 Å². The second-order valence-electron chi connectivity index (χ2n) is 4.74. The van der Waals surface area contributed by atoms with E-state index in [2.05, 4.69) is 31.2 Å². The molecule has 0 aliphatic heterocycles. The highest BCUT2D eigenvalue weighted by Gasteiger charge is 1.92. The maximum Gasteiger partial charge on any atom is 0.119 e. The van der Waals surface area contributed by atoms with E-state index in [9.17, 15) is 0 Å². The van der Waals surface area contributed by atoms with Gasteiger partial charge in [0.25, 0.3) is 0 Å². The fourth-order valence-corrected chi connectivity index (χ4v) is 1.79. The van der Waals surface area contributed by atoms with Crippen molar-refractivity contribution in [3.8, 4) is 5.75 Å². The van der Waals surface area contributed by atoms with E-state index in [-0.39, 0.29) is 0 Å². The molecule has 24 heavy (non-hydrogen) atoms. The van der Waals surface area contributed by atoms with Crippen molar-refractivity contribution < 1.29 is 6.11 Å². The molecule has 0 aliphatic rings. The minimum absolute atomic E-state index is 0.630. The van der Waals surface area contributed by atoms with Crippen LogP contribution in [0.4, 0.5) is 0 Å². The Morgan fingerprint density at radius 3 is 1.54 bits per heavy atom. The van der Waals surface area contributed by atoms with Gasteiger partial charge in [-0.3, -0.25) is 0 Å². The average Bonchev–Trinajstić information content (AvgIpc) is 2.72. The number of benzene rings is 3. The molecule has 3 aromatic carbocycles. The summed E-state index contributed by atoms with van der Waals surface area (Å²) in [6, 6.07) is 30.3. The minimum Gasteiger partial charge on any atom is -0.489 e. The first-order valence-electron chi connectivity index (χ1n) is 9.08. The Kier molecular flexibility index (Phi) is 11.4. The van der Waals surface area contributed by atoms with E-state index < -0.39 is 0 Å². The lowest BCUT2D eigenvalue weighted by molar-refractivity contribution is 0.306. The number of para-hydroxylation sites is 1. The van der Waals surface area contributed by atoms with Crippen LogP contribution in [0.1, 0.15) is 33.7 Å². The van der Waals surface area contributed by atoms with E-state index >= 15 is 0 Å². The summed E-state index contributed by atoms with van der Waals surface area (Å²) in [5.74, 6) is 0.913. The number of ether oxygens (including phenoxy) is 1. The third-order valence-electron chi connectivity index (χ3n) is 2.93. The molecule has 0 amide bonds. The van der Waals surface area contributed by atoms with Crippen LogP contribution in [0.3, 0.4) is 0 Å². The molecule has 0 radical (unpaired) electrons. The normalized spacial score (nSPS) is 8.75. The molecule has 1 nitrogen and oxygen atoms in total. The summed E-state index contributed by atoms with van der Waals surface area (Å²) in [4.78, 5) is 0.